The molecule has 1 aromatic heterocycles. The molecule has 23 heavy (non-hydrogen) atoms. The highest BCUT2D eigenvalue weighted by Gasteiger charge is 2.45. The monoisotopic (exact) mass is 376 g/mol. The molecule has 0 unspecified atom stereocenters. The first-order valence-corrected chi connectivity index (χ1v) is 8.00. The Labute approximate surface area is 129 Å². The highest BCUT2D eigenvalue weighted by atomic mass is 32.2. The van der Waals surface area contributed by atoms with Gasteiger partial charge in [0.25, 0.3) is 0 Å². The lowest BCUT2D eigenvalue weighted by Gasteiger charge is -2.19. The van der Waals surface area contributed by atoms with Crippen LogP contribution in [0, 0.1) is 0 Å². The van der Waals surface area contributed by atoms with Crippen molar-refractivity contribution in [2.75, 3.05) is 0 Å². The van der Waals surface area contributed by atoms with Crippen LogP contribution in [0.25, 0.3) is 10.6 Å². The van der Waals surface area contributed by atoms with Crippen LogP contribution in [0.4, 0.5) is 26.3 Å². The molecule has 0 aliphatic heterocycles. The molecule has 2 rings (SSSR count). The average molecular weight is 376 g/mol. The van der Waals surface area contributed by atoms with Gasteiger partial charge < -0.3 is 0 Å². The molecular formula is C11H6F6N2O2S2. The second kappa shape index (κ2) is 5.46. The molecule has 1 aromatic carbocycles. The van der Waals surface area contributed by atoms with Crippen LogP contribution in [0.2, 0.25) is 0 Å². The van der Waals surface area contributed by atoms with Crippen molar-refractivity contribution in [1.82, 2.24) is 4.98 Å². The molecule has 0 aliphatic rings. The van der Waals surface area contributed by atoms with E-state index in [2.05, 4.69) is 4.98 Å². The third-order valence-electron chi connectivity index (χ3n) is 2.71. The number of thiazole rings is 1. The van der Waals surface area contributed by atoms with Gasteiger partial charge in [0.1, 0.15) is 5.01 Å². The van der Waals surface area contributed by atoms with Crippen LogP contribution >= 0.6 is 11.3 Å². The zero-order chi connectivity index (χ0) is 17.6. The summed E-state index contributed by atoms with van der Waals surface area (Å²) in [6, 6.07) is 0.434. The van der Waals surface area contributed by atoms with Gasteiger partial charge in [-0.15, -0.1) is 11.3 Å². The maximum absolute atomic E-state index is 13.3. The summed E-state index contributed by atoms with van der Waals surface area (Å²) in [5, 5.41) is 5.26. The van der Waals surface area contributed by atoms with Crippen LogP contribution in [0.1, 0.15) is 11.1 Å². The van der Waals surface area contributed by atoms with Gasteiger partial charge in [-0.25, -0.2) is 18.5 Å². The number of halogens is 6. The quantitative estimate of drug-likeness (QED) is 0.816. The van der Waals surface area contributed by atoms with E-state index >= 15 is 0 Å². The highest BCUT2D eigenvalue weighted by molar-refractivity contribution is 7.89. The van der Waals surface area contributed by atoms with E-state index in [4.69, 9.17) is 5.14 Å². The molecule has 0 fully saturated rings. The summed E-state index contributed by atoms with van der Waals surface area (Å²) in [5.41, 5.74) is -4.98. The SMILES string of the molecule is NS(=O)(=O)c1ccc(C(F)(F)F)c(-c2nccs2)c1C(F)(F)F. The molecule has 1 heterocycles. The Balaban J connectivity index is 3.04. The molecule has 0 aliphatic carbocycles. The number of sulfonamides is 1. The lowest BCUT2D eigenvalue weighted by molar-refractivity contribution is -0.143. The Morgan fingerprint density at radius 3 is 2.04 bits per heavy atom. The van der Waals surface area contributed by atoms with Gasteiger partial charge in [0.2, 0.25) is 10.0 Å². The normalized spacial score (nSPS) is 13.3. The van der Waals surface area contributed by atoms with Crippen molar-refractivity contribution < 1.29 is 34.8 Å². The van der Waals surface area contributed by atoms with Gasteiger partial charge in [0.15, 0.2) is 0 Å². The Morgan fingerprint density at radius 2 is 1.65 bits per heavy atom. The standard InChI is InChI=1S/C11H6F6N2O2S2/c12-10(13,14)5-1-2-6(23(18,20)21)8(11(15,16)17)7(5)9-19-3-4-22-9/h1-4H,(H2,18,20,21). The first kappa shape index (κ1) is 17.7. The molecule has 2 N–H and O–H groups in total. The smallest absolute Gasteiger partial charge is 0.245 e. The first-order valence-electron chi connectivity index (χ1n) is 5.57. The number of primary sulfonamides is 1. The fraction of sp³-hybridized carbons (Fsp3) is 0.182. The van der Waals surface area contributed by atoms with Gasteiger partial charge in [-0.3, -0.25) is 0 Å². The van der Waals surface area contributed by atoms with Crippen LogP contribution < -0.4 is 5.14 Å². The zero-order valence-corrected chi connectivity index (χ0v) is 12.4. The van der Waals surface area contributed by atoms with Crippen LogP contribution in [-0.4, -0.2) is 13.4 Å². The van der Waals surface area contributed by atoms with E-state index in [9.17, 15) is 34.8 Å². The third-order valence-corrected chi connectivity index (χ3v) is 4.45. The summed E-state index contributed by atoms with van der Waals surface area (Å²) in [5.74, 6) is 0. The van der Waals surface area contributed by atoms with Crippen molar-refractivity contribution in [2.45, 2.75) is 17.2 Å². The predicted molar refractivity (Wildman–Crippen MR) is 68.9 cm³/mol. The summed E-state index contributed by atoms with van der Waals surface area (Å²) in [6.45, 7) is 0. The lowest BCUT2D eigenvalue weighted by Crippen LogP contribution is -2.22. The van der Waals surface area contributed by atoms with E-state index in [-0.39, 0.29) is 12.1 Å². The molecular weight excluding hydrogens is 370 g/mol. The zero-order valence-electron chi connectivity index (χ0n) is 10.7. The Kier molecular flexibility index (Phi) is 4.20. The van der Waals surface area contributed by atoms with Gasteiger partial charge >= 0.3 is 12.4 Å². The summed E-state index contributed by atoms with van der Waals surface area (Å²) >= 11 is 0.509. The number of nitrogens with zero attached hydrogens (tertiary/aromatic N) is 1. The van der Waals surface area contributed by atoms with E-state index in [0.717, 1.165) is 6.20 Å². The summed E-state index contributed by atoms with van der Waals surface area (Å²) in [7, 11) is -4.90. The van der Waals surface area contributed by atoms with Crippen LogP contribution in [0.15, 0.2) is 28.6 Å². The number of hydrogen-bond donors (Lipinski definition) is 1. The third kappa shape index (κ3) is 3.48. The molecule has 0 saturated heterocycles. The van der Waals surface area contributed by atoms with Crippen molar-refractivity contribution in [3.8, 4) is 10.6 Å². The van der Waals surface area contributed by atoms with Crippen molar-refractivity contribution in [1.29, 1.82) is 0 Å². The summed E-state index contributed by atoms with van der Waals surface area (Å²) < 4.78 is 102. The van der Waals surface area contributed by atoms with E-state index in [0.29, 0.717) is 11.3 Å². The van der Waals surface area contributed by atoms with Gasteiger partial charge in [-0.1, -0.05) is 0 Å². The lowest BCUT2D eigenvalue weighted by atomic mass is 10.00. The number of hydrogen-bond acceptors (Lipinski definition) is 4. The van der Waals surface area contributed by atoms with Crippen molar-refractivity contribution in [3.63, 3.8) is 0 Å². The fourth-order valence-electron chi connectivity index (χ4n) is 1.91. The molecule has 126 valence electrons. The van der Waals surface area contributed by atoms with E-state index in [1.54, 1.807) is 0 Å². The Hall–Kier alpha value is -1.66. The van der Waals surface area contributed by atoms with Crippen LogP contribution in [0.3, 0.4) is 0 Å². The second-order valence-electron chi connectivity index (χ2n) is 4.24. The maximum Gasteiger partial charge on any atom is 0.418 e. The number of aromatic nitrogens is 1. The minimum absolute atomic E-state index is 0.193. The Morgan fingerprint density at radius 1 is 1.04 bits per heavy atom. The second-order valence-corrected chi connectivity index (χ2v) is 6.66. The minimum atomic E-state index is -5.38. The number of rotatable bonds is 2. The first-order chi connectivity index (χ1) is 10.3. The van der Waals surface area contributed by atoms with Gasteiger partial charge in [-0.05, 0) is 12.1 Å². The molecule has 2 aromatic rings. The van der Waals surface area contributed by atoms with Gasteiger partial charge in [-0.2, -0.15) is 26.3 Å². The van der Waals surface area contributed by atoms with Gasteiger partial charge in [0.05, 0.1) is 16.0 Å². The average Bonchev–Trinajstić information content (AvgIpc) is 2.87. The number of benzene rings is 1. The largest absolute Gasteiger partial charge is 0.418 e. The van der Waals surface area contributed by atoms with Gasteiger partial charge in [0, 0.05) is 17.1 Å². The van der Waals surface area contributed by atoms with Crippen LogP contribution in [-0.2, 0) is 22.4 Å². The summed E-state index contributed by atoms with van der Waals surface area (Å²) in [6.07, 6.45) is -9.52. The highest BCUT2D eigenvalue weighted by Crippen LogP contribution is 2.47. The molecule has 0 saturated carbocycles. The molecule has 12 heteroatoms. The molecule has 0 amide bonds. The molecule has 0 spiro atoms. The van der Waals surface area contributed by atoms with E-state index in [1.807, 2.05) is 0 Å². The number of alkyl halides is 6. The van der Waals surface area contributed by atoms with Crippen LogP contribution in [0.5, 0.6) is 0 Å². The van der Waals surface area contributed by atoms with E-state index < -0.39 is 49.0 Å². The maximum atomic E-state index is 13.3. The molecule has 4 nitrogen and oxygen atoms in total. The number of nitrogens with two attached hydrogens (primary N) is 1. The predicted octanol–water partition coefficient (Wildman–Crippen LogP) is 3.50. The minimum Gasteiger partial charge on any atom is -0.245 e. The molecule has 0 bridgehead atoms. The fourth-order valence-corrected chi connectivity index (χ4v) is 3.37. The van der Waals surface area contributed by atoms with Crippen molar-refractivity contribution in [2.24, 2.45) is 5.14 Å². The molecule has 0 radical (unpaired) electrons. The Bertz CT molecular complexity index is 825. The van der Waals surface area contributed by atoms with Crippen molar-refractivity contribution in [3.05, 3.63) is 34.8 Å². The topological polar surface area (TPSA) is 73.1 Å². The molecule has 0 atom stereocenters. The van der Waals surface area contributed by atoms with E-state index in [1.165, 1.54) is 5.38 Å². The summed E-state index contributed by atoms with van der Waals surface area (Å²) in [4.78, 5) is 2.00. The van der Waals surface area contributed by atoms with Crippen molar-refractivity contribution >= 4 is 21.4 Å².